The van der Waals surface area contributed by atoms with Crippen LogP contribution in [-0.4, -0.2) is 33.8 Å². The number of amides is 1. The van der Waals surface area contributed by atoms with Gasteiger partial charge in [0.15, 0.2) is 0 Å². The van der Waals surface area contributed by atoms with Crippen LogP contribution in [0.2, 0.25) is 0 Å². The minimum Gasteiger partial charge on any atom is -0.492 e. The van der Waals surface area contributed by atoms with Crippen LogP contribution >= 0.6 is 0 Å². The molecule has 6 nitrogen and oxygen atoms in total. The van der Waals surface area contributed by atoms with Crippen molar-refractivity contribution in [3.05, 3.63) is 108 Å². The van der Waals surface area contributed by atoms with Gasteiger partial charge in [-0.3, -0.25) is 4.79 Å². The van der Waals surface area contributed by atoms with E-state index in [0.29, 0.717) is 19.6 Å². The lowest BCUT2D eigenvalue weighted by Gasteiger charge is -2.07. The highest BCUT2D eigenvalue weighted by Gasteiger charge is 2.17. The summed E-state index contributed by atoms with van der Waals surface area (Å²) in [5, 5.41) is 7.37. The first-order valence-corrected chi connectivity index (χ1v) is 10.7. The molecule has 0 saturated carbocycles. The highest BCUT2D eigenvalue weighted by Crippen LogP contribution is 2.14. The Morgan fingerprint density at radius 3 is 2.44 bits per heavy atom. The molecular weight excluding hydrogens is 400 g/mol. The number of rotatable bonds is 9. The van der Waals surface area contributed by atoms with E-state index < -0.39 is 0 Å². The number of ether oxygens (including phenoxy) is 1. The van der Waals surface area contributed by atoms with Gasteiger partial charge in [0.25, 0.3) is 5.91 Å². The molecule has 0 fully saturated rings. The second-order valence-corrected chi connectivity index (χ2v) is 7.51. The van der Waals surface area contributed by atoms with Gasteiger partial charge in [-0.15, -0.1) is 5.10 Å². The average molecular weight is 427 g/mol. The number of aromatic nitrogens is 3. The number of hydrogen-bond acceptors (Lipinski definition) is 4. The van der Waals surface area contributed by atoms with Crippen LogP contribution < -0.4 is 10.1 Å². The molecule has 0 radical (unpaired) electrons. The molecule has 1 amide bonds. The van der Waals surface area contributed by atoms with Crippen molar-refractivity contribution < 1.29 is 9.53 Å². The molecule has 1 N–H and O–H groups in total. The first kappa shape index (κ1) is 21.3. The zero-order chi connectivity index (χ0) is 22.2. The Kier molecular flexibility index (Phi) is 6.92. The van der Waals surface area contributed by atoms with Crippen molar-refractivity contribution in [1.29, 1.82) is 0 Å². The first-order valence-electron chi connectivity index (χ1n) is 10.7. The van der Waals surface area contributed by atoms with Crippen LogP contribution in [0.15, 0.2) is 84.9 Å². The molecule has 0 saturated heterocycles. The quantitative estimate of drug-likeness (QED) is 0.408. The summed E-state index contributed by atoms with van der Waals surface area (Å²) in [5.74, 6) is 1.38. The van der Waals surface area contributed by atoms with Gasteiger partial charge in [-0.2, -0.15) is 0 Å². The highest BCUT2D eigenvalue weighted by molar-refractivity contribution is 5.90. The minimum atomic E-state index is -0.311. The summed E-state index contributed by atoms with van der Waals surface area (Å²) in [6.45, 7) is 2.77. The Labute approximate surface area is 187 Å². The van der Waals surface area contributed by atoms with E-state index in [4.69, 9.17) is 4.74 Å². The monoisotopic (exact) mass is 426 g/mol. The van der Waals surface area contributed by atoms with Crippen molar-refractivity contribution >= 4 is 5.91 Å². The predicted molar refractivity (Wildman–Crippen MR) is 124 cm³/mol. The minimum absolute atomic E-state index is 0.161. The summed E-state index contributed by atoms with van der Waals surface area (Å²) in [6.07, 6.45) is 1.49. The molecule has 0 atom stereocenters. The SMILES string of the molecule is Cc1cccc(-n2nc(C(=O)NCCOc3ccccc3)nc2CCc2ccccc2)c1. The number of carbonyl (C=O) groups is 1. The van der Waals surface area contributed by atoms with Crippen LogP contribution in [-0.2, 0) is 12.8 Å². The second kappa shape index (κ2) is 10.4. The van der Waals surface area contributed by atoms with Crippen LogP contribution in [0.4, 0.5) is 0 Å². The smallest absolute Gasteiger partial charge is 0.291 e. The fourth-order valence-corrected chi connectivity index (χ4v) is 3.40. The van der Waals surface area contributed by atoms with E-state index in [9.17, 15) is 4.79 Å². The third kappa shape index (κ3) is 5.60. The lowest BCUT2D eigenvalue weighted by Crippen LogP contribution is -2.29. The maximum Gasteiger partial charge on any atom is 0.291 e. The molecule has 4 aromatic rings. The van der Waals surface area contributed by atoms with E-state index in [2.05, 4.69) is 27.5 Å². The van der Waals surface area contributed by atoms with Crippen molar-refractivity contribution in [1.82, 2.24) is 20.1 Å². The van der Waals surface area contributed by atoms with E-state index in [0.717, 1.165) is 29.2 Å². The number of nitrogens with one attached hydrogen (secondary N) is 1. The molecule has 0 bridgehead atoms. The number of nitrogens with zero attached hydrogens (tertiary/aromatic N) is 3. The predicted octanol–water partition coefficient (Wildman–Crippen LogP) is 4.17. The first-order chi connectivity index (χ1) is 15.7. The van der Waals surface area contributed by atoms with Gasteiger partial charge in [0.2, 0.25) is 5.82 Å². The topological polar surface area (TPSA) is 69.0 Å². The normalized spacial score (nSPS) is 10.7. The van der Waals surface area contributed by atoms with Crippen molar-refractivity contribution in [2.24, 2.45) is 0 Å². The van der Waals surface area contributed by atoms with E-state index >= 15 is 0 Å². The number of aryl methyl sites for hydroxylation is 3. The zero-order valence-electron chi connectivity index (χ0n) is 18.1. The summed E-state index contributed by atoms with van der Waals surface area (Å²) in [7, 11) is 0. The Morgan fingerprint density at radius 2 is 1.69 bits per heavy atom. The van der Waals surface area contributed by atoms with Gasteiger partial charge in [0.05, 0.1) is 12.2 Å². The Hall–Kier alpha value is -3.93. The lowest BCUT2D eigenvalue weighted by molar-refractivity contribution is 0.0936. The molecule has 6 heteroatoms. The molecular formula is C26H26N4O2. The van der Waals surface area contributed by atoms with Crippen molar-refractivity contribution in [2.45, 2.75) is 19.8 Å². The molecule has 0 unspecified atom stereocenters. The molecule has 32 heavy (non-hydrogen) atoms. The highest BCUT2D eigenvalue weighted by atomic mass is 16.5. The van der Waals surface area contributed by atoms with Crippen LogP contribution in [0.5, 0.6) is 5.75 Å². The fraction of sp³-hybridized carbons (Fsp3) is 0.192. The third-order valence-corrected chi connectivity index (χ3v) is 5.00. The van der Waals surface area contributed by atoms with Gasteiger partial charge in [0, 0.05) is 6.42 Å². The summed E-state index contributed by atoms with van der Waals surface area (Å²) >= 11 is 0. The van der Waals surface area contributed by atoms with Gasteiger partial charge < -0.3 is 10.1 Å². The van der Waals surface area contributed by atoms with Gasteiger partial charge in [0.1, 0.15) is 18.2 Å². The molecule has 0 aliphatic rings. The van der Waals surface area contributed by atoms with Gasteiger partial charge in [-0.1, -0.05) is 60.7 Å². The van der Waals surface area contributed by atoms with E-state index in [-0.39, 0.29) is 11.7 Å². The summed E-state index contributed by atoms with van der Waals surface area (Å²) < 4.78 is 7.40. The van der Waals surface area contributed by atoms with Gasteiger partial charge >= 0.3 is 0 Å². The molecule has 0 aliphatic heterocycles. The number of benzene rings is 3. The van der Waals surface area contributed by atoms with E-state index in [1.807, 2.05) is 79.7 Å². The van der Waals surface area contributed by atoms with Crippen LogP contribution in [0.25, 0.3) is 5.69 Å². The Morgan fingerprint density at radius 1 is 0.938 bits per heavy atom. The third-order valence-electron chi connectivity index (χ3n) is 5.00. The van der Waals surface area contributed by atoms with Crippen molar-refractivity contribution in [3.8, 4) is 11.4 Å². The summed E-state index contributed by atoms with van der Waals surface area (Å²) in [4.78, 5) is 17.3. The second-order valence-electron chi connectivity index (χ2n) is 7.51. The van der Waals surface area contributed by atoms with Crippen LogP contribution in [0.3, 0.4) is 0 Å². The Bertz CT molecular complexity index is 1160. The van der Waals surface area contributed by atoms with Crippen LogP contribution in [0.1, 0.15) is 27.6 Å². The van der Waals surface area contributed by atoms with E-state index in [1.165, 1.54) is 5.56 Å². The molecule has 1 aromatic heterocycles. The molecule has 0 spiro atoms. The largest absolute Gasteiger partial charge is 0.492 e. The summed E-state index contributed by atoms with van der Waals surface area (Å²) in [6, 6.07) is 27.8. The maximum absolute atomic E-state index is 12.7. The molecule has 3 aromatic carbocycles. The zero-order valence-corrected chi connectivity index (χ0v) is 18.1. The average Bonchev–Trinajstić information content (AvgIpc) is 3.26. The summed E-state index contributed by atoms with van der Waals surface area (Å²) in [5.41, 5.74) is 3.23. The van der Waals surface area contributed by atoms with Crippen molar-refractivity contribution in [2.75, 3.05) is 13.2 Å². The van der Waals surface area contributed by atoms with Gasteiger partial charge in [-0.25, -0.2) is 9.67 Å². The Balaban J connectivity index is 1.45. The molecule has 1 heterocycles. The standard InChI is InChI=1S/C26H26N4O2/c1-20-9-8-12-22(19-20)30-24(16-15-21-10-4-2-5-11-21)28-25(29-30)26(31)27-17-18-32-23-13-6-3-7-14-23/h2-14,19H,15-18H2,1H3,(H,27,31). The number of para-hydroxylation sites is 1. The molecule has 4 rings (SSSR count). The fourth-order valence-electron chi connectivity index (χ4n) is 3.40. The van der Waals surface area contributed by atoms with Crippen molar-refractivity contribution in [3.63, 3.8) is 0 Å². The lowest BCUT2D eigenvalue weighted by atomic mass is 10.1. The molecule has 0 aliphatic carbocycles. The van der Waals surface area contributed by atoms with E-state index in [1.54, 1.807) is 4.68 Å². The van der Waals surface area contributed by atoms with Gasteiger partial charge in [-0.05, 0) is 48.7 Å². The maximum atomic E-state index is 12.7. The molecule has 162 valence electrons. The number of carbonyl (C=O) groups excluding carboxylic acids is 1. The van der Waals surface area contributed by atoms with Crippen LogP contribution in [0, 0.1) is 6.92 Å². The number of hydrogen-bond donors (Lipinski definition) is 1.